The van der Waals surface area contributed by atoms with Crippen molar-refractivity contribution in [1.82, 2.24) is 0 Å². The first-order chi connectivity index (χ1) is 9.78. The van der Waals surface area contributed by atoms with E-state index in [4.69, 9.17) is 14.9 Å². The van der Waals surface area contributed by atoms with E-state index in [2.05, 4.69) is 31.2 Å². The van der Waals surface area contributed by atoms with Crippen LogP contribution in [0.2, 0.25) is 0 Å². The molecule has 20 heavy (non-hydrogen) atoms. The lowest BCUT2D eigenvalue weighted by molar-refractivity contribution is 0.0306. The summed E-state index contributed by atoms with van der Waals surface area (Å²) < 4.78 is 11.7. The summed E-state index contributed by atoms with van der Waals surface area (Å²) in [6.45, 7) is 2.85. The van der Waals surface area contributed by atoms with Gasteiger partial charge in [0.15, 0.2) is 0 Å². The van der Waals surface area contributed by atoms with Gasteiger partial charge in [-0.25, -0.2) is 0 Å². The third-order valence-corrected chi connectivity index (χ3v) is 3.96. The lowest BCUT2D eigenvalue weighted by Gasteiger charge is -2.27. The molecule has 3 heteroatoms. The van der Waals surface area contributed by atoms with Crippen LogP contribution in [-0.2, 0) is 17.6 Å². The van der Waals surface area contributed by atoms with E-state index in [1.807, 2.05) is 12.1 Å². The molecular weight excluding hydrogens is 250 g/mol. The van der Waals surface area contributed by atoms with Gasteiger partial charge in [-0.2, -0.15) is 0 Å². The van der Waals surface area contributed by atoms with Crippen molar-refractivity contribution in [3.8, 4) is 0 Å². The number of fused-ring (bicyclic) bond motifs is 1. The van der Waals surface area contributed by atoms with Gasteiger partial charge in [-0.05, 0) is 29.7 Å². The lowest BCUT2D eigenvalue weighted by Crippen LogP contribution is -2.21. The van der Waals surface area contributed by atoms with Crippen molar-refractivity contribution >= 4 is 0 Å². The molecular formula is C17H21NO2. The predicted molar refractivity (Wildman–Crippen MR) is 78.5 cm³/mol. The number of furan rings is 1. The van der Waals surface area contributed by atoms with Crippen LogP contribution in [0.15, 0.2) is 40.8 Å². The highest BCUT2D eigenvalue weighted by molar-refractivity contribution is 5.31. The molecule has 1 aliphatic heterocycles. The topological polar surface area (TPSA) is 48.4 Å². The molecule has 0 radical (unpaired) electrons. The van der Waals surface area contributed by atoms with Crippen LogP contribution in [0.25, 0.3) is 0 Å². The van der Waals surface area contributed by atoms with Gasteiger partial charge in [0.2, 0.25) is 0 Å². The van der Waals surface area contributed by atoms with Crippen molar-refractivity contribution in [1.29, 1.82) is 0 Å². The Morgan fingerprint density at radius 3 is 2.90 bits per heavy atom. The number of hydrogen-bond acceptors (Lipinski definition) is 3. The molecule has 0 saturated heterocycles. The molecule has 2 atom stereocenters. The quantitative estimate of drug-likeness (QED) is 0.925. The predicted octanol–water partition coefficient (Wildman–Crippen LogP) is 3.55. The van der Waals surface area contributed by atoms with Gasteiger partial charge in [0.1, 0.15) is 11.5 Å². The van der Waals surface area contributed by atoms with Crippen LogP contribution in [-0.4, -0.2) is 6.61 Å². The number of aryl methyl sites for hydroxylation is 1. The van der Waals surface area contributed by atoms with Crippen LogP contribution in [0.1, 0.15) is 48.1 Å². The van der Waals surface area contributed by atoms with Crippen molar-refractivity contribution in [2.75, 3.05) is 6.61 Å². The molecule has 0 spiro atoms. The van der Waals surface area contributed by atoms with Gasteiger partial charge in [0.05, 0.1) is 18.8 Å². The summed E-state index contributed by atoms with van der Waals surface area (Å²) in [5.41, 5.74) is 8.93. The van der Waals surface area contributed by atoms with Crippen molar-refractivity contribution in [3.63, 3.8) is 0 Å². The van der Waals surface area contributed by atoms with Gasteiger partial charge in [-0.15, -0.1) is 0 Å². The third kappa shape index (κ3) is 2.65. The molecule has 0 saturated carbocycles. The average molecular weight is 271 g/mol. The van der Waals surface area contributed by atoms with E-state index in [1.54, 1.807) is 0 Å². The lowest BCUT2D eigenvalue weighted by atomic mass is 9.93. The summed E-state index contributed by atoms with van der Waals surface area (Å²) >= 11 is 0. The van der Waals surface area contributed by atoms with E-state index in [1.165, 1.54) is 11.1 Å². The molecule has 0 amide bonds. The van der Waals surface area contributed by atoms with E-state index < -0.39 is 0 Å². The zero-order valence-electron chi connectivity index (χ0n) is 11.8. The third-order valence-electron chi connectivity index (χ3n) is 3.96. The fourth-order valence-corrected chi connectivity index (χ4v) is 2.80. The second-order valence-electron chi connectivity index (χ2n) is 5.31. The van der Waals surface area contributed by atoms with E-state index in [0.29, 0.717) is 0 Å². The average Bonchev–Trinajstić information content (AvgIpc) is 2.97. The normalized spacial score (nSPS) is 19.6. The summed E-state index contributed by atoms with van der Waals surface area (Å²) in [7, 11) is 0. The number of benzene rings is 1. The zero-order chi connectivity index (χ0) is 13.9. The van der Waals surface area contributed by atoms with Gasteiger partial charge < -0.3 is 14.9 Å². The SMILES string of the molecule is CCc1ccc(C(N)CC2OCCc3ccccc32)o1. The van der Waals surface area contributed by atoms with Crippen LogP contribution in [0.5, 0.6) is 0 Å². The van der Waals surface area contributed by atoms with Crippen LogP contribution in [0.3, 0.4) is 0 Å². The molecule has 3 rings (SSSR count). The summed E-state index contributed by atoms with van der Waals surface area (Å²) in [5.74, 6) is 1.84. The largest absolute Gasteiger partial charge is 0.464 e. The molecule has 0 bridgehead atoms. The molecule has 106 valence electrons. The fraction of sp³-hybridized carbons (Fsp3) is 0.412. The van der Waals surface area contributed by atoms with Crippen molar-refractivity contribution in [2.45, 2.75) is 38.3 Å². The molecule has 1 aromatic carbocycles. The molecule has 0 aliphatic carbocycles. The Labute approximate surface area is 119 Å². The Morgan fingerprint density at radius 1 is 1.25 bits per heavy atom. The first-order valence-corrected chi connectivity index (χ1v) is 7.31. The molecule has 3 nitrogen and oxygen atoms in total. The number of ether oxygens (including phenoxy) is 1. The Hall–Kier alpha value is -1.58. The minimum atomic E-state index is -0.119. The molecule has 1 aliphatic rings. The highest BCUT2D eigenvalue weighted by atomic mass is 16.5. The maximum Gasteiger partial charge on any atom is 0.120 e. The van der Waals surface area contributed by atoms with Gasteiger partial charge >= 0.3 is 0 Å². The zero-order valence-corrected chi connectivity index (χ0v) is 11.8. The number of nitrogens with two attached hydrogens (primary N) is 1. The van der Waals surface area contributed by atoms with Gasteiger partial charge in [0.25, 0.3) is 0 Å². The first kappa shape index (κ1) is 13.4. The minimum absolute atomic E-state index is 0.0742. The molecule has 2 heterocycles. The van der Waals surface area contributed by atoms with Crippen molar-refractivity contribution in [2.24, 2.45) is 5.73 Å². The highest BCUT2D eigenvalue weighted by Gasteiger charge is 2.24. The van der Waals surface area contributed by atoms with Crippen LogP contribution >= 0.6 is 0 Å². The Kier molecular flexibility index (Phi) is 3.90. The number of rotatable bonds is 4. The van der Waals surface area contributed by atoms with Crippen LogP contribution < -0.4 is 5.73 Å². The summed E-state index contributed by atoms with van der Waals surface area (Å²) in [6, 6.07) is 12.3. The van der Waals surface area contributed by atoms with E-state index in [0.717, 1.165) is 37.4 Å². The van der Waals surface area contributed by atoms with Gasteiger partial charge in [-0.1, -0.05) is 31.2 Å². The van der Waals surface area contributed by atoms with E-state index >= 15 is 0 Å². The summed E-state index contributed by atoms with van der Waals surface area (Å²) in [4.78, 5) is 0. The molecule has 2 unspecified atom stereocenters. The molecule has 2 N–H and O–H groups in total. The maximum absolute atomic E-state index is 6.28. The van der Waals surface area contributed by atoms with Crippen molar-refractivity contribution in [3.05, 3.63) is 59.0 Å². The minimum Gasteiger partial charge on any atom is -0.464 e. The fourth-order valence-electron chi connectivity index (χ4n) is 2.80. The molecule has 1 aromatic heterocycles. The number of hydrogen-bond donors (Lipinski definition) is 1. The maximum atomic E-state index is 6.28. The second-order valence-corrected chi connectivity index (χ2v) is 5.31. The smallest absolute Gasteiger partial charge is 0.120 e. The Balaban J connectivity index is 1.75. The van der Waals surface area contributed by atoms with Gasteiger partial charge in [-0.3, -0.25) is 0 Å². The Morgan fingerprint density at radius 2 is 2.10 bits per heavy atom. The molecule has 2 aromatic rings. The first-order valence-electron chi connectivity index (χ1n) is 7.31. The second kappa shape index (κ2) is 5.81. The van der Waals surface area contributed by atoms with Crippen LogP contribution in [0, 0.1) is 0 Å². The van der Waals surface area contributed by atoms with Crippen LogP contribution in [0.4, 0.5) is 0 Å². The van der Waals surface area contributed by atoms with Gasteiger partial charge in [0, 0.05) is 12.8 Å². The molecule has 0 fully saturated rings. The highest BCUT2D eigenvalue weighted by Crippen LogP contribution is 2.33. The summed E-state index contributed by atoms with van der Waals surface area (Å²) in [5, 5.41) is 0. The van der Waals surface area contributed by atoms with E-state index in [-0.39, 0.29) is 12.1 Å². The summed E-state index contributed by atoms with van der Waals surface area (Å²) in [6.07, 6.45) is 2.72. The Bertz CT molecular complexity index is 576. The monoisotopic (exact) mass is 271 g/mol. The standard InChI is InChI=1S/C17H21NO2/c1-2-13-7-8-16(20-13)15(18)11-17-14-6-4-3-5-12(14)9-10-19-17/h3-8,15,17H,2,9-11,18H2,1H3. The van der Waals surface area contributed by atoms with Crippen molar-refractivity contribution < 1.29 is 9.15 Å². The van der Waals surface area contributed by atoms with E-state index in [9.17, 15) is 0 Å².